The van der Waals surface area contributed by atoms with Crippen molar-refractivity contribution < 1.29 is 14.6 Å². The van der Waals surface area contributed by atoms with Gasteiger partial charge in [0.2, 0.25) is 0 Å². The van der Waals surface area contributed by atoms with E-state index in [0.29, 0.717) is 16.9 Å². The normalized spacial score (nSPS) is 34.1. The molecule has 108 valence electrons. The molecule has 0 aromatic heterocycles. The molecule has 3 heteroatoms. The van der Waals surface area contributed by atoms with E-state index in [9.17, 15) is 9.90 Å². The van der Waals surface area contributed by atoms with E-state index < -0.39 is 0 Å². The van der Waals surface area contributed by atoms with Crippen LogP contribution in [0, 0.1) is 16.7 Å². The van der Waals surface area contributed by atoms with Gasteiger partial charge in [-0.1, -0.05) is 20.8 Å². The standard InChI is InChI=1S/C17H22O3/c1-16(2)10-17(3)9-12(16)8-14(17)20-15(19)11-4-6-13(18)7-5-11/h4-7,12,14,18H,8-10H2,1-3H3. The van der Waals surface area contributed by atoms with Crippen molar-refractivity contribution in [1.29, 1.82) is 0 Å². The number of ether oxygens (including phenoxy) is 1. The minimum Gasteiger partial charge on any atom is -0.508 e. The Morgan fingerprint density at radius 3 is 2.40 bits per heavy atom. The molecule has 0 radical (unpaired) electrons. The van der Waals surface area contributed by atoms with Gasteiger partial charge in [-0.3, -0.25) is 0 Å². The van der Waals surface area contributed by atoms with E-state index in [1.54, 1.807) is 12.1 Å². The molecule has 2 aliphatic rings. The van der Waals surface area contributed by atoms with Crippen molar-refractivity contribution in [3.05, 3.63) is 29.8 Å². The molecule has 0 aliphatic heterocycles. The first-order valence-electron chi connectivity index (χ1n) is 7.30. The van der Waals surface area contributed by atoms with Gasteiger partial charge >= 0.3 is 5.97 Å². The molecule has 2 bridgehead atoms. The van der Waals surface area contributed by atoms with E-state index in [0.717, 1.165) is 19.3 Å². The first-order valence-corrected chi connectivity index (χ1v) is 7.30. The Morgan fingerprint density at radius 2 is 1.90 bits per heavy atom. The van der Waals surface area contributed by atoms with Gasteiger partial charge < -0.3 is 9.84 Å². The van der Waals surface area contributed by atoms with Crippen molar-refractivity contribution in [2.75, 3.05) is 0 Å². The summed E-state index contributed by atoms with van der Waals surface area (Å²) in [5.41, 5.74) is 1.00. The second kappa shape index (κ2) is 4.24. The third-order valence-corrected chi connectivity index (χ3v) is 5.31. The first-order chi connectivity index (χ1) is 9.30. The van der Waals surface area contributed by atoms with Crippen molar-refractivity contribution in [1.82, 2.24) is 0 Å². The van der Waals surface area contributed by atoms with E-state index in [2.05, 4.69) is 20.8 Å². The lowest BCUT2D eigenvalue weighted by atomic mass is 9.71. The summed E-state index contributed by atoms with van der Waals surface area (Å²) in [5, 5.41) is 9.26. The van der Waals surface area contributed by atoms with Crippen LogP contribution in [0.3, 0.4) is 0 Å². The molecule has 3 rings (SSSR count). The molecule has 0 spiro atoms. The van der Waals surface area contributed by atoms with Crippen LogP contribution in [0.2, 0.25) is 0 Å². The third-order valence-electron chi connectivity index (χ3n) is 5.31. The van der Waals surface area contributed by atoms with E-state index in [1.807, 2.05) is 0 Å². The van der Waals surface area contributed by atoms with E-state index in [4.69, 9.17) is 4.74 Å². The lowest BCUT2D eigenvalue weighted by molar-refractivity contribution is -0.0221. The zero-order valence-electron chi connectivity index (χ0n) is 12.3. The summed E-state index contributed by atoms with van der Waals surface area (Å²) >= 11 is 0. The summed E-state index contributed by atoms with van der Waals surface area (Å²) in [5.74, 6) is 0.543. The van der Waals surface area contributed by atoms with Crippen molar-refractivity contribution in [2.24, 2.45) is 16.7 Å². The fourth-order valence-electron chi connectivity index (χ4n) is 4.27. The van der Waals surface area contributed by atoms with Gasteiger partial charge in [-0.05, 0) is 54.9 Å². The van der Waals surface area contributed by atoms with Gasteiger partial charge in [-0.2, -0.15) is 0 Å². The molecule has 2 saturated carbocycles. The van der Waals surface area contributed by atoms with Gasteiger partial charge in [-0.25, -0.2) is 4.79 Å². The lowest BCUT2D eigenvalue weighted by Crippen LogP contribution is -2.37. The van der Waals surface area contributed by atoms with Crippen LogP contribution in [0.15, 0.2) is 24.3 Å². The first kappa shape index (κ1) is 13.5. The molecule has 2 fully saturated rings. The number of carbonyl (C=O) groups excluding carboxylic acids is 1. The zero-order valence-corrected chi connectivity index (χ0v) is 12.3. The van der Waals surface area contributed by atoms with Crippen LogP contribution in [0.4, 0.5) is 0 Å². The summed E-state index contributed by atoms with van der Waals surface area (Å²) in [6.07, 6.45) is 3.29. The minimum atomic E-state index is -0.276. The summed E-state index contributed by atoms with van der Waals surface area (Å²) in [7, 11) is 0. The smallest absolute Gasteiger partial charge is 0.338 e. The number of hydrogen-bond donors (Lipinski definition) is 1. The maximum absolute atomic E-state index is 12.2. The summed E-state index contributed by atoms with van der Waals surface area (Å²) in [6, 6.07) is 6.25. The van der Waals surface area contributed by atoms with Crippen LogP contribution in [0.25, 0.3) is 0 Å². The molecule has 0 amide bonds. The van der Waals surface area contributed by atoms with Crippen molar-refractivity contribution in [3.63, 3.8) is 0 Å². The summed E-state index contributed by atoms with van der Waals surface area (Å²) in [4.78, 5) is 12.2. The number of aromatic hydroxyl groups is 1. The fraction of sp³-hybridized carbons (Fsp3) is 0.588. The van der Waals surface area contributed by atoms with Gasteiger partial charge in [0, 0.05) is 5.41 Å². The number of carbonyl (C=O) groups is 1. The quantitative estimate of drug-likeness (QED) is 0.835. The third kappa shape index (κ3) is 2.09. The summed E-state index contributed by atoms with van der Waals surface area (Å²) in [6.45, 7) is 6.89. The number of phenolic OH excluding ortho intramolecular Hbond substituents is 1. The minimum absolute atomic E-state index is 0.0295. The number of esters is 1. The van der Waals surface area contributed by atoms with Crippen LogP contribution < -0.4 is 0 Å². The molecular formula is C17H22O3. The SMILES string of the molecule is CC1(C)CC2(C)CC1CC2OC(=O)c1ccc(O)cc1. The second-order valence-electron chi connectivity index (χ2n) is 7.40. The van der Waals surface area contributed by atoms with Crippen LogP contribution in [0.1, 0.15) is 50.4 Å². The Balaban J connectivity index is 1.71. The monoisotopic (exact) mass is 274 g/mol. The number of hydrogen-bond acceptors (Lipinski definition) is 3. The summed E-state index contributed by atoms with van der Waals surface area (Å²) < 4.78 is 5.75. The molecule has 3 atom stereocenters. The van der Waals surface area contributed by atoms with Gasteiger partial charge in [0.05, 0.1) is 5.56 Å². The second-order valence-corrected chi connectivity index (χ2v) is 7.40. The molecule has 3 nitrogen and oxygen atoms in total. The van der Waals surface area contributed by atoms with Gasteiger partial charge in [0.1, 0.15) is 11.9 Å². The molecule has 3 unspecified atom stereocenters. The highest BCUT2D eigenvalue weighted by molar-refractivity contribution is 5.89. The Morgan fingerprint density at radius 1 is 1.25 bits per heavy atom. The molecule has 2 aliphatic carbocycles. The zero-order chi connectivity index (χ0) is 14.5. The van der Waals surface area contributed by atoms with Gasteiger partial charge in [-0.15, -0.1) is 0 Å². The largest absolute Gasteiger partial charge is 0.508 e. The highest BCUT2D eigenvalue weighted by atomic mass is 16.5. The molecule has 1 aromatic rings. The Hall–Kier alpha value is -1.51. The average molecular weight is 274 g/mol. The molecule has 0 saturated heterocycles. The number of rotatable bonds is 2. The van der Waals surface area contributed by atoms with E-state index in [-0.39, 0.29) is 23.2 Å². The Kier molecular flexibility index (Phi) is 2.86. The van der Waals surface area contributed by atoms with Crippen LogP contribution in [0.5, 0.6) is 5.75 Å². The van der Waals surface area contributed by atoms with E-state index >= 15 is 0 Å². The van der Waals surface area contributed by atoms with Crippen molar-refractivity contribution in [3.8, 4) is 5.75 Å². The van der Waals surface area contributed by atoms with Crippen molar-refractivity contribution in [2.45, 2.75) is 46.1 Å². The molecule has 1 aromatic carbocycles. The maximum atomic E-state index is 12.2. The maximum Gasteiger partial charge on any atom is 0.338 e. The lowest BCUT2D eigenvalue weighted by Gasteiger charge is -2.38. The fourth-order valence-corrected chi connectivity index (χ4v) is 4.27. The molecule has 20 heavy (non-hydrogen) atoms. The van der Waals surface area contributed by atoms with Crippen molar-refractivity contribution >= 4 is 5.97 Å². The van der Waals surface area contributed by atoms with Gasteiger partial charge in [0.25, 0.3) is 0 Å². The van der Waals surface area contributed by atoms with Crippen LogP contribution >= 0.6 is 0 Å². The van der Waals surface area contributed by atoms with Crippen LogP contribution in [-0.2, 0) is 4.74 Å². The average Bonchev–Trinajstić information content (AvgIpc) is 2.78. The molecular weight excluding hydrogens is 252 g/mol. The Labute approximate surface area is 120 Å². The number of fused-ring (bicyclic) bond motifs is 2. The molecule has 0 heterocycles. The highest BCUT2D eigenvalue weighted by Gasteiger charge is 2.58. The molecule has 1 N–H and O–H groups in total. The Bertz CT molecular complexity index is 532. The highest BCUT2D eigenvalue weighted by Crippen LogP contribution is 2.63. The van der Waals surface area contributed by atoms with Crippen LogP contribution in [-0.4, -0.2) is 17.2 Å². The number of phenols is 1. The predicted molar refractivity (Wildman–Crippen MR) is 76.5 cm³/mol. The predicted octanol–water partition coefficient (Wildman–Crippen LogP) is 3.76. The number of benzene rings is 1. The van der Waals surface area contributed by atoms with E-state index in [1.165, 1.54) is 12.1 Å². The topological polar surface area (TPSA) is 46.5 Å². The van der Waals surface area contributed by atoms with Gasteiger partial charge in [0.15, 0.2) is 0 Å².